The number of hydrogen-bond acceptors (Lipinski definition) is 2. The Morgan fingerprint density at radius 1 is 1.07 bits per heavy atom. The van der Waals surface area contributed by atoms with Gasteiger partial charge in [0.1, 0.15) is 5.82 Å². The summed E-state index contributed by atoms with van der Waals surface area (Å²) in [5, 5.41) is 3.23. The summed E-state index contributed by atoms with van der Waals surface area (Å²) in [5.74, 6) is 2.28. The van der Waals surface area contributed by atoms with E-state index in [-0.39, 0.29) is 11.7 Å². The van der Waals surface area contributed by atoms with Gasteiger partial charge in [-0.2, -0.15) is 0 Å². The van der Waals surface area contributed by atoms with E-state index in [1.54, 1.807) is 6.07 Å². The van der Waals surface area contributed by atoms with E-state index in [4.69, 9.17) is 0 Å². The molecule has 2 aromatic rings. The molecule has 1 aliphatic heterocycles. The Morgan fingerprint density at radius 3 is 2.79 bits per heavy atom. The van der Waals surface area contributed by atoms with Crippen LogP contribution in [0, 0.1) is 29.5 Å². The molecule has 3 aliphatic rings. The van der Waals surface area contributed by atoms with Crippen LogP contribution in [0.15, 0.2) is 48.7 Å². The number of nitrogens with one attached hydrogen (secondary N) is 1. The number of benzene rings is 1. The highest BCUT2D eigenvalue weighted by Crippen LogP contribution is 2.49. The highest BCUT2D eigenvalue weighted by molar-refractivity contribution is 5.79. The Bertz CT molecular complexity index is 923. The minimum Gasteiger partial charge on any atom is -0.353 e. The number of rotatable bonds is 3. The van der Waals surface area contributed by atoms with Crippen LogP contribution >= 0.6 is 0 Å². The number of halogens is 1. The molecule has 0 radical (unpaired) electrons. The quantitative estimate of drug-likeness (QED) is 0.779. The summed E-state index contributed by atoms with van der Waals surface area (Å²) < 4.78 is 13.5. The molecule has 2 saturated carbocycles. The van der Waals surface area contributed by atoms with E-state index in [1.165, 1.54) is 37.8 Å². The van der Waals surface area contributed by atoms with Crippen LogP contribution in [0.1, 0.15) is 44.2 Å². The molecule has 5 unspecified atom stereocenters. The van der Waals surface area contributed by atoms with Crippen molar-refractivity contribution in [2.75, 3.05) is 0 Å². The second kappa shape index (κ2) is 7.74. The molecule has 1 N–H and O–H groups in total. The molecule has 5 rings (SSSR count). The Balaban J connectivity index is 1.37. The van der Waals surface area contributed by atoms with Crippen molar-refractivity contribution in [1.29, 1.82) is 0 Å². The van der Waals surface area contributed by atoms with Gasteiger partial charge in [-0.05, 0) is 66.4 Å². The van der Waals surface area contributed by atoms with Crippen LogP contribution in [0.25, 0.3) is 17.2 Å². The van der Waals surface area contributed by atoms with Gasteiger partial charge in [-0.15, -0.1) is 0 Å². The lowest BCUT2D eigenvalue weighted by Gasteiger charge is -2.46. The van der Waals surface area contributed by atoms with Crippen molar-refractivity contribution in [3.8, 4) is 11.1 Å². The van der Waals surface area contributed by atoms with Gasteiger partial charge in [-0.25, -0.2) is 4.39 Å². The van der Waals surface area contributed by atoms with Crippen molar-refractivity contribution in [3.63, 3.8) is 0 Å². The number of nitrogens with zero attached hydrogens (tertiary/aromatic N) is 1. The SMILES string of the molecule is O=C1CC2C(CC3CCCCC3C2/C=C/c2ccc(-c3cccc(F)c3)cn2)N1. The summed E-state index contributed by atoms with van der Waals surface area (Å²) in [6.45, 7) is 0. The molecular formula is C25H27FN2O. The van der Waals surface area contributed by atoms with Crippen LogP contribution in [-0.4, -0.2) is 16.9 Å². The topological polar surface area (TPSA) is 42.0 Å². The minimum atomic E-state index is -0.236. The highest BCUT2D eigenvalue weighted by atomic mass is 19.1. The predicted octanol–water partition coefficient (Wildman–Crippen LogP) is 5.23. The van der Waals surface area contributed by atoms with Crippen LogP contribution in [-0.2, 0) is 4.79 Å². The number of allylic oxidation sites excluding steroid dienone is 1. The molecule has 5 atom stereocenters. The van der Waals surface area contributed by atoms with Gasteiger partial charge in [0, 0.05) is 24.2 Å². The predicted molar refractivity (Wildman–Crippen MR) is 112 cm³/mol. The normalized spacial score (nSPS) is 31.3. The van der Waals surface area contributed by atoms with Crippen molar-refractivity contribution in [2.45, 2.75) is 44.6 Å². The number of aromatic nitrogens is 1. The van der Waals surface area contributed by atoms with Crippen LogP contribution in [0.5, 0.6) is 0 Å². The van der Waals surface area contributed by atoms with E-state index in [0.717, 1.165) is 29.2 Å². The molecule has 1 aromatic heterocycles. The number of hydrogen-bond donors (Lipinski definition) is 1. The average molecular weight is 391 g/mol. The van der Waals surface area contributed by atoms with Crippen LogP contribution in [0.3, 0.4) is 0 Å². The highest BCUT2D eigenvalue weighted by Gasteiger charge is 2.47. The summed E-state index contributed by atoms with van der Waals surface area (Å²) in [6.07, 6.45) is 13.3. The molecule has 0 spiro atoms. The first-order valence-electron chi connectivity index (χ1n) is 10.9. The van der Waals surface area contributed by atoms with E-state index in [2.05, 4.69) is 22.5 Å². The van der Waals surface area contributed by atoms with Crippen molar-refractivity contribution in [1.82, 2.24) is 10.3 Å². The summed E-state index contributed by atoms with van der Waals surface area (Å²) in [5.41, 5.74) is 2.66. The Kier molecular flexibility index (Phi) is 4.94. The fourth-order valence-corrected chi connectivity index (χ4v) is 5.88. The van der Waals surface area contributed by atoms with Gasteiger partial charge >= 0.3 is 0 Å². The molecule has 2 heterocycles. The van der Waals surface area contributed by atoms with Gasteiger partial charge in [0.2, 0.25) is 5.91 Å². The molecule has 150 valence electrons. The molecule has 1 saturated heterocycles. The van der Waals surface area contributed by atoms with E-state index in [0.29, 0.717) is 30.2 Å². The van der Waals surface area contributed by atoms with Crippen LogP contribution in [0.2, 0.25) is 0 Å². The van der Waals surface area contributed by atoms with Crippen LogP contribution < -0.4 is 5.32 Å². The third-order valence-electron chi connectivity index (χ3n) is 7.23. The molecular weight excluding hydrogens is 363 g/mol. The van der Waals surface area contributed by atoms with Gasteiger partial charge in [0.05, 0.1) is 5.69 Å². The molecule has 3 fully saturated rings. The molecule has 2 aliphatic carbocycles. The Labute approximate surface area is 171 Å². The molecule has 1 aromatic carbocycles. The maximum Gasteiger partial charge on any atom is 0.220 e. The number of carbonyl (C=O) groups is 1. The van der Waals surface area contributed by atoms with Crippen molar-refractivity contribution in [2.24, 2.45) is 23.7 Å². The molecule has 1 amide bonds. The molecule has 29 heavy (non-hydrogen) atoms. The zero-order chi connectivity index (χ0) is 19.8. The largest absolute Gasteiger partial charge is 0.353 e. The van der Waals surface area contributed by atoms with E-state index in [1.807, 2.05) is 24.4 Å². The second-order valence-corrected chi connectivity index (χ2v) is 8.90. The first kappa shape index (κ1) is 18.5. The fourth-order valence-electron chi connectivity index (χ4n) is 5.88. The summed E-state index contributed by atoms with van der Waals surface area (Å²) >= 11 is 0. The zero-order valence-corrected chi connectivity index (χ0v) is 16.6. The summed E-state index contributed by atoms with van der Waals surface area (Å²) in [6, 6.07) is 10.9. The van der Waals surface area contributed by atoms with Gasteiger partial charge in [0.25, 0.3) is 0 Å². The maximum atomic E-state index is 13.5. The van der Waals surface area contributed by atoms with Gasteiger partial charge in [0.15, 0.2) is 0 Å². The van der Waals surface area contributed by atoms with E-state index >= 15 is 0 Å². The lowest BCUT2D eigenvalue weighted by molar-refractivity contribution is -0.119. The first-order chi connectivity index (χ1) is 14.2. The number of pyridine rings is 1. The number of fused-ring (bicyclic) bond motifs is 2. The molecule has 4 heteroatoms. The van der Waals surface area contributed by atoms with Gasteiger partial charge in [-0.1, -0.05) is 43.5 Å². The Morgan fingerprint density at radius 2 is 1.97 bits per heavy atom. The summed E-state index contributed by atoms with van der Waals surface area (Å²) in [7, 11) is 0. The second-order valence-electron chi connectivity index (χ2n) is 8.90. The first-order valence-corrected chi connectivity index (χ1v) is 10.9. The standard InChI is InChI=1S/C25H27FN2O/c26-19-6-3-5-16(12-19)18-8-9-20(27-15-18)10-11-22-21-7-2-1-4-17(21)13-24-23(22)14-25(29)28-24/h3,5-6,8-12,15,17,21-24H,1-2,4,7,13-14H2,(H,28,29)/b11-10+. The van der Waals surface area contributed by atoms with E-state index < -0.39 is 0 Å². The Hall–Kier alpha value is -2.49. The lowest BCUT2D eigenvalue weighted by atomic mass is 9.60. The van der Waals surface area contributed by atoms with Gasteiger partial charge < -0.3 is 5.32 Å². The van der Waals surface area contributed by atoms with Crippen molar-refractivity contribution >= 4 is 12.0 Å². The van der Waals surface area contributed by atoms with Crippen LogP contribution in [0.4, 0.5) is 4.39 Å². The smallest absolute Gasteiger partial charge is 0.220 e. The zero-order valence-electron chi connectivity index (χ0n) is 16.6. The molecule has 0 bridgehead atoms. The minimum absolute atomic E-state index is 0.217. The monoisotopic (exact) mass is 390 g/mol. The van der Waals surface area contributed by atoms with E-state index in [9.17, 15) is 9.18 Å². The average Bonchev–Trinajstić information content (AvgIpc) is 3.11. The third kappa shape index (κ3) is 3.73. The summed E-state index contributed by atoms with van der Waals surface area (Å²) in [4.78, 5) is 16.6. The molecule has 3 nitrogen and oxygen atoms in total. The lowest BCUT2D eigenvalue weighted by Crippen LogP contribution is -2.45. The third-order valence-corrected chi connectivity index (χ3v) is 7.23. The maximum absolute atomic E-state index is 13.5. The fraction of sp³-hybridized carbons (Fsp3) is 0.440. The van der Waals surface area contributed by atoms with Crippen molar-refractivity contribution < 1.29 is 9.18 Å². The van der Waals surface area contributed by atoms with Gasteiger partial charge in [-0.3, -0.25) is 9.78 Å². The van der Waals surface area contributed by atoms with Crippen molar-refractivity contribution in [3.05, 3.63) is 60.2 Å². The number of amides is 1. The number of carbonyl (C=O) groups excluding carboxylic acids is 1.